The number of aliphatic hydroxyl groups is 1. The van der Waals surface area contributed by atoms with E-state index in [1.54, 1.807) is 0 Å². The van der Waals surface area contributed by atoms with Gasteiger partial charge in [-0.15, -0.1) is 0 Å². The summed E-state index contributed by atoms with van der Waals surface area (Å²) in [6, 6.07) is 8.00. The van der Waals surface area contributed by atoms with Crippen LogP contribution < -0.4 is 10.6 Å². The summed E-state index contributed by atoms with van der Waals surface area (Å²) in [6.45, 7) is 4.88. The molecule has 106 valence electrons. The summed E-state index contributed by atoms with van der Waals surface area (Å²) >= 11 is 0. The molecule has 1 aromatic heterocycles. The second-order valence-corrected chi connectivity index (χ2v) is 5.13. The van der Waals surface area contributed by atoms with Gasteiger partial charge in [0.15, 0.2) is 0 Å². The number of aliphatic hydroxyl groups excluding tert-OH is 1. The highest BCUT2D eigenvalue weighted by molar-refractivity contribution is 5.98. The predicted octanol–water partition coefficient (Wildman–Crippen LogP) is 0.931. The van der Waals surface area contributed by atoms with Gasteiger partial charge in [-0.1, -0.05) is 12.1 Å². The third-order valence-electron chi connectivity index (χ3n) is 3.91. The largest absolute Gasteiger partial charge is 0.397 e. The molecule has 3 rings (SSSR count). The topological polar surface area (TPSA) is 65.6 Å². The number of nitrogens with two attached hydrogens (primary N) is 1. The normalized spacial score (nSPS) is 16.8. The summed E-state index contributed by atoms with van der Waals surface area (Å²) in [5.74, 6) is 0. The molecule has 0 aliphatic carbocycles. The third kappa shape index (κ3) is 2.42. The Balaban J connectivity index is 1.86. The number of nitrogens with zero attached hydrogens (tertiary/aromatic N) is 3. The quantitative estimate of drug-likeness (QED) is 0.814. The highest BCUT2D eigenvalue weighted by atomic mass is 16.3. The van der Waals surface area contributed by atoms with Gasteiger partial charge in [0.05, 0.1) is 17.8 Å². The summed E-state index contributed by atoms with van der Waals surface area (Å²) in [7, 11) is 0. The number of benzene rings is 1. The van der Waals surface area contributed by atoms with Crippen LogP contribution in [0.25, 0.3) is 10.9 Å². The fraction of sp³-hybridized carbons (Fsp3) is 0.400. The summed E-state index contributed by atoms with van der Waals surface area (Å²) in [5, 5.41) is 10.1. The van der Waals surface area contributed by atoms with Crippen molar-refractivity contribution in [3.8, 4) is 0 Å². The SMILES string of the molecule is Nc1cccc2c(N3CCN(CCO)CC3)ccnc12. The van der Waals surface area contributed by atoms with E-state index in [0.717, 1.165) is 49.3 Å². The van der Waals surface area contributed by atoms with E-state index in [2.05, 4.69) is 26.9 Å². The van der Waals surface area contributed by atoms with Crippen molar-refractivity contribution in [2.75, 3.05) is 50.0 Å². The minimum absolute atomic E-state index is 0.231. The van der Waals surface area contributed by atoms with E-state index in [1.807, 2.05) is 18.3 Å². The molecule has 1 saturated heterocycles. The maximum Gasteiger partial charge on any atom is 0.0951 e. The van der Waals surface area contributed by atoms with Crippen LogP contribution in [0, 0.1) is 0 Å². The van der Waals surface area contributed by atoms with Crippen LogP contribution in [-0.2, 0) is 0 Å². The van der Waals surface area contributed by atoms with Gasteiger partial charge in [-0.2, -0.15) is 0 Å². The van der Waals surface area contributed by atoms with Crippen LogP contribution in [-0.4, -0.2) is 54.3 Å². The first-order chi connectivity index (χ1) is 9.79. The van der Waals surface area contributed by atoms with Crippen molar-refractivity contribution < 1.29 is 5.11 Å². The lowest BCUT2D eigenvalue weighted by atomic mass is 10.1. The smallest absolute Gasteiger partial charge is 0.0951 e. The van der Waals surface area contributed by atoms with Crippen molar-refractivity contribution in [1.29, 1.82) is 0 Å². The standard InChI is InChI=1S/C15H20N4O/c16-13-3-1-2-12-14(4-5-17-15(12)13)19-8-6-18(7-9-19)10-11-20/h1-5,20H,6-11,16H2. The van der Waals surface area contributed by atoms with Gasteiger partial charge in [0.2, 0.25) is 0 Å². The lowest BCUT2D eigenvalue weighted by molar-refractivity contribution is 0.189. The summed E-state index contributed by atoms with van der Waals surface area (Å²) < 4.78 is 0. The van der Waals surface area contributed by atoms with Crippen molar-refractivity contribution in [3.05, 3.63) is 30.5 Å². The number of β-amino-alcohol motifs (C(OH)–C–C–N with tert-alkyl or cyclic N) is 1. The Bertz CT molecular complexity index is 593. The van der Waals surface area contributed by atoms with Crippen molar-refractivity contribution in [1.82, 2.24) is 9.88 Å². The molecule has 3 N–H and O–H groups in total. The molecule has 1 aliphatic heterocycles. The zero-order chi connectivity index (χ0) is 13.9. The van der Waals surface area contributed by atoms with Crippen LogP contribution >= 0.6 is 0 Å². The number of hydrogen-bond donors (Lipinski definition) is 2. The van der Waals surface area contributed by atoms with Gasteiger partial charge in [0, 0.05) is 50.0 Å². The van der Waals surface area contributed by atoms with Crippen molar-refractivity contribution in [2.45, 2.75) is 0 Å². The first kappa shape index (κ1) is 13.1. The van der Waals surface area contributed by atoms with Crippen LogP contribution in [0.5, 0.6) is 0 Å². The second-order valence-electron chi connectivity index (χ2n) is 5.13. The summed E-state index contributed by atoms with van der Waals surface area (Å²) in [5.41, 5.74) is 8.80. The molecule has 0 saturated carbocycles. The number of piperazine rings is 1. The number of rotatable bonds is 3. The molecule has 5 nitrogen and oxygen atoms in total. The second kappa shape index (κ2) is 5.64. The van der Waals surface area contributed by atoms with Gasteiger partial charge < -0.3 is 15.7 Å². The number of fused-ring (bicyclic) bond motifs is 1. The van der Waals surface area contributed by atoms with Crippen molar-refractivity contribution in [3.63, 3.8) is 0 Å². The lowest BCUT2D eigenvalue weighted by Gasteiger charge is -2.36. The Morgan fingerprint density at radius 1 is 1.15 bits per heavy atom. The molecule has 1 fully saturated rings. The van der Waals surface area contributed by atoms with Crippen molar-refractivity contribution in [2.24, 2.45) is 0 Å². The van der Waals surface area contributed by atoms with Crippen LogP contribution in [0.1, 0.15) is 0 Å². The van der Waals surface area contributed by atoms with Gasteiger partial charge in [-0.25, -0.2) is 0 Å². The molecular weight excluding hydrogens is 252 g/mol. The minimum Gasteiger partial charge on any atom is -0.397 e. The lowest BCUT2D eigenvalue weighted by Crippen LogP contribution is -2.47. The number of para-hydroxylation sites is 1. The van der Waals surface area contributed by atoms with Gasteiger partial charge >= 0.3 is 0 Å². The molecule has 0 spiro atoms. The van der Waals surface area contributed by atoms with E-state index >= 15 is 0 Å². The van der Waals surface area contributed by atoms with E-state index in [4.69, 9.17) is 10.8 Å². The minimum atomic E-state index is 0.231. The Labute approximate surface area is 118 Å². The molecular formula is C15H20N4O. The van der Waals surface area contributed by atoms with E-state index < -0.39 is 0 Å². The van der Waals surface area contributed by atoms with Gasteiger partial charge in [-0.05, 0) is 12.1 Å². The van der Waals surface area contributed by atoms with Crippen LogP contribution in [0.4, 0.5) is 11.4 Å². The predicted molar refractivity (Wildman–Crippen MR) is 81.9 cm³/mol. The molecule has 2 heterocycles. The Morgan fingerprint density at radius 3 is 2.70 bits per heavy atom. The molecule has 5 heteroatoms. The van der Waals surface area contributed by atoms with Crippen LogP contribution in [0.15, 0.2) is 30.5 Å². The Hall–Kier alpha value is -1.85. The fourth-order valence-electron chi connectivity index (χ4n) is 2.81. The molecule has 0 atom stereocenters. The number of hydrogen-bond acceptors (Lipinski definition) is 5. The molecule has 0 amide bonds. The van der Waals surface area contributed by atoms with Crippen LogP contribution in [0.3, 0.4) is 0 Å². The zero-order valence-electron chi connectivity index (χ0n) is 11.5. The highest BCUT2D eigenvalue weighted by Crippen LogP contribution is 2.28. The van der Waals surface area contributed by atoms with Gasteiger partial charge in [0.25, 0.3) is 0 Å². The van der Waals surface area contributed by atoms with Crippen molar-refractivity contribution >= 4 is 22.3 Å². The van der Waals surface area contributed by atoms with E-state index in [9.17, 15) is 0 Å². The number of anilines is 2. The molecule has 1 aliphatic rings. The Kier molecular flexibility index (Phi) is 3.71. The van der Waals surface area contributed by atoms with Gasteiger partial charge in [0.1, 0.15) is 0 Å². The average molecular weight is 272 g/mol. The molecule has 20 heavy (non-hydrogen) atoms. The number of nitrogen functional groups attached to an aromatic ring is 1. The maximum atomic E-state index is 9.00. The first-order valence-corrected chi connectivity index (χ1v) is 7.01. The zero-order valence-corrected chi connectivity index (χ0v) is 11.5. The Morgan fingerprint density at radius 2 is 1.95 bits per heavy atom. The maximum absolute atomic E-state index is 9.00. The van der Waals surface area contributed by atoms with E-state index in [1.165, 1.54) is 5.69 Å². The molecule has 0 unspecified atom stereocenters. The number of aromatic nitrogens is 1. The van der Waals surface area contributed by atoms with E-state index in [-0.39, 0.29) is 6.61 Å². The first-order valence-electron chi connectivity index (χ1n) is 7.01. The van der Waals surface area contributed by atoms with Gasteiger partial charge in [-0.3, -0.25) is 9.88 Å². The molecule has 2 aromatic rings. The average Bonchev–Trinajstić information content (AvgIpc) is 2.48. The number of pyridine rings is 1. The summed E-state index contributed by atoms with van der Waals surface area (Å²) in [6.07, 6.45) is 1.83. The molecule has 0 radical (unpaired) electrons. The van der Waals surface area contributed by atoms with Crippen LogP contribution in [0.2, 0.25) is 0 Å². The highest BCUT2D eigenvalue weighted by Gasteiger charge is 2.18. The summed E-state index contributed by atoms with van der Waals surface area (Å²) in [4.78, 5) is 9.04. The molecule has 0 bridgehead atoms. The molecule has 1 aromatic carbocycles. The monoisotopic (exact) mass is 272 g/mol. The third-order valence-corrected chi connectivity index (χ3v) is 3.91. The van der Waals surface area contributed by atoms with E-state index in [0.29, 0.717) is 0 Å². The fourth-order valence-corrected chi connectivity index (χ4v) is 2.81.